The Balaban J connectivity index is 4.41. The summed E-state index contributed by atoms with van der Waals surface area (Å²) in [6, 6.07) is 0. The lowest BCUT2D eigenvalue weighted by Gasteiger charge is -2.18. The number of unbranched alkanes of at least 4 members (excludes halogenated alkanes) is 26. The Labute approximate surface area is 383 Å². The van der Waals surface area contributed by atoms with Crippen LogP contribution < -0.4 is 0 Å². The van der Waals surface area contributed by atoms with Gasteiger partial charge in [0.1, 0.15) is 13.2 Å². The van der Waals surface area contributed by atoms with Gasteiger partial charge < -0.3 is 14.2 Å². The van der Waals surface area contributed by atoms with E-state index < -0.39 is 6.10 Å². The quantitative estimate of drug-likeness (QED) is 0.0262. The van der Waals surface area contributed by atoms with Gasteiger partial charge in [-0.1, -0.05) is 210 Å². The van der Waals surface area contributed by atoms with Gasteiger partial charge in [0.2, 0.25) is 0 Å². The highest BCUT2D eigenvalue weighted by molar-refractivity contribution is 5.71. The number of allylic oxidation sites excluding steroid dienone is 10. The molecule has 62 heavy (non-hydrogen) atoms. The zero-order valence-electron chi connectivity index (χ0n) is 40.9. The lowest BCUT2D eigenvalue weighted by atomic mass is 10.0. The summed E-state index contributed by atoms with van der Waals surface area (Å²) < 4.78 is 16.8. The Kier molecular flexibility index (Phi) is 48.4. The Hall–Kier alpha value is -2.89. The molecule has 0 aromatic carbocycles. The second-order valence-electron chi connectivity index (χ2n) is 17.4. The summed E-state index contributed by atoms with van der Waals surface area (Å²) in [5.41, 5.74) is 0. The molecule has 0 N–H and O–H groups in total. The number of ether oxygens (including phenoxy) is 3. The van der Waals surface area contributed by atoms with Gasteiger partial charge in [-0.2, -0.15) is 0 Å². The first-order chi connectivity index (χ1) is 30.5. The van der Waals surface area contributed by atoms with Gasteiger partial charge in [-0.3, -0.25) is 14.4 Å². The predicted octanol–water partition coefficient (Wildman–Crippen LogP) is 17.3. The van der Waals surface area contributed by atoms with Crippen LogP contribution in [0.3, 0.4) is 0 Å². The molecule has 0 aromatic heterocycles. The Morgan fingerprint density at radius 2 is 0.581 bits per heavy atom. The van der Waals surface area contributed by atoms with E-state index in [9.17, 15) is 14.4 Å². The van der Waals surface area contributed by atoms with Crippen molar-refractivity contribution in [1.82, 2.24) is 0 Å². The van der Waals surface area contributed by atoms with Crippen LogP contribution in [-0.2, 0) is 28.6 Å². The van der Waals surface area contributed by atoms with Crippen LogP contribution in [0.4, 0.5) is 0 Å². The lowest BCUT2D eigenvalue weighted by molar-refractivity contribution is -0.167. The molecule has 0 aromatic rings. The van der Waals surface area contributed by atoms with E-state index in [-0.39, 0.29) is 31.1 Å². The molecule has 6 nitrogen and oxygen atoms in total. The highest BCUT2D eigenvalue weighted by atomic mass is 16.6. The zero-order valence-corrected chi connectivity index (χ0v) is 40.9. The monoisotopic (exact) mass is 867 g/mol. The molecule has 0 aliphatic rings. The summed E-state index contributed by atoms with van der Waals surface area (Å²) in [4.78, 5) is 37.9. The van der Waals surface area contributed by atoms with Gasteiger partial charge in [-0.05, 0) is 89.9 Å². The van der Waals surface area contributed by atoms with Crippen LogP contribution in [0.1, 0.15) is 258 Å². The van der Waals surface area contributed by atoms with E-state index >= 15 is 0 Å². The average molecular weight is 867 g/mol. The van der Waals surface area contributed by atoms with E-state index in [1.54, 1.807) is 0 Å². The molecule has 0 saturated heterocycles. The summed E-state index contributed by atoms with van der Waals surface area (Å²) in [5, 5.41) is 0. The molecule has 0 aliphatic carbocycles. The fraction of sp³-hybridized carbons (Fsp3) is 0.768. The number of carbonyl (C=O) groups excluding carboxylic acids is 3. The number of carbonyl (C=O) groups is 3. The molecule has 0 rings (SSSR count). The topological polar surface area (TPSA) is 78.9 Å². The molecule has 0 amide bonds. The molecule has 0 heterocycles. The van der Waals surface area contributed by atoms with Crippen molar-refractivity contribution in [1.29, 1.82) is 0 Å². The van der Waals surface area contributed by atoms with Crippen molar-refractivity contribution in [2.45, 2.75) is 264 Å². The molecule has 6 heteroatoms. The SMILES string of the molecule is CCCCC/C=C\C/C=C\C/C=C\C/C=C\CCCCCC(=O)OC[C@H](COC(=O)CCCCCCC/C=C\CCCCCC)OC(=O)CCCCCCCCCCCCCC. The Bertz CT molecular complexity index is 1130. The molecule has 0 radical (unpaired) electrons. The number of hydrogen-bond donors (Lipinski definition) is 0. The predicted molar refractivity (Wildman–Crippen MR) is 265 cm³/mol. The largest absolute Gasteiger partial charge is 0.462 e. The second-order valence-corrected chi connectivity index (χ2v) is 17.4. The van der Waals surface area contributed by atoms with Crippen molar-refractivity contribution >= 4 is 17.9 Å². The maximum absolute atomic E-state index is 12.8. The summed E-state index contributed by atoms with van der Waals surface area (Å²) >= 11 is 0. The van der Waals surface area contributed by atoms with Crippen LogP contribution in [0.5, 0.6) is 0 Å². The number of hydrogen-bond acceptors (Lipinski definition) is 6. The second kappa shape index (κ2) is 50.8. The molecule has 0 bridgehead atoms. The van der Waals surface area contributed by atoms with Gasteiger partial charge in [0, 0.05) is 19.3 Å². The Morgan fingerprint density at radius 3 is 0.984 bits per heavy atom. The fourth-order valence-electron chi connectivity index (χ4n) is 7.24. The van der Waals surface area contributed by atoms with Crippen molar-refractivity contribution in [2.24, 2.45) is 0 Å². The minimum atomic E-state index is -0.787. The van der Waals surface area contributed by atoms with Gasteiger partial charge in [0.15, 0.2) is 6.10 Å². The maximum Gasteiger partial charge on any atom is 0.306 e. The van der Waals surface area contributed by atoms with Crippen LogP contribution in [0, 0.1) is 0 Å². The van der Waals surface area contributed by atoms with E-state index in [0.29, 0.717) is 19.3 Å². The third kappa shape index (κ3) is 48.1. The van der Waals surface area contributed by atoms with Crippen LogP contribution in [-0.4, -0.2) is 37.2 Å². The minimum absolute atomic E-state index is 0.0872. The standard InChI is InChI=1S/C56H98O6/c1-4-7-10-13-16-19-22-25-26-27-28-29-30-32-35-37-40-43-46-49-55(58)61-52-53(62-56(59)50-47-44-41-38-33-24-21-18-15-12-9-6-3)51-60-54(57)48-45-42-39-36-34-31-23-20-17-14-11-8-5-2/h16,19-20,23,25-26,28-29,32,35,53H,4-15,17-18,21-22,24,27,30-31,33-34,36-52H2,1-3H3/b19-16-,23-20-,26-25-,29-28-,35-32-/t53-/m0/s1. The average Bonchev–Trinajstić information content (AvgIpc) is 3.27. The van der Waals surface area contributed by atoms with Gasteiger partial charge in [0.05, 0.1) is 0 Å². The fourth-order valence-corrected chi connectivity index (χ4v) is 7.24. The zero-order chi connectivity index (χ0) is 45.1. The Morgan fingerprint density at radius 1 is 0.323 bits per heavy atom. The van der Waals surface area contributed by atoms with E-state index in [1.165, 1.54) is 128 Å². The molecule has 0 spiro atoms. The van der Waals surface area contributed by atoms with Gasteiger partial charge in [0.25, 0.3) is 0 Å². The van der Waals surface area contributed by atoms with Crippen LogP contribution >= 0.6 is 0 Å². The van der Waals surface area contributed by atoms with Crippen LogP contribution in [0.15, 0.2) is 60.8 Å². The normalized spacial score (nSPS) is 12.5. The van der Waals surface area contributed by atoms with Crippen molar-refractivity contribution in [3.05, 3.63) is 60.8 Å². The molecule has 0 saturated carbocycles. The molecule has 1 atom stereocenters. The third-order valence-electron chi connectivity index (χ3n) is 11.2. The van der Waals surface area contributed by atoms with Crippen LogP contribution in [0.2, 0.25) is 0 Å². The lowest BCUT2D eigenvalue weighted by Crippen LogP contribution is -2.30. The molecular weight excluding hydrogens is 769 g/mol. The summed E-state index contributed by atoms with van der Waals surface area (Å²) in [5.74, 6) is -0.922. The molecule has 358 valence electrons. The molecule has 0 fully saturated rings. The first-order valence-electron chi connectivity index (χ1n) is 26.3. The first kappa shape index (κ1) is 59.1. The van der Waals surface area contributed by atoms with Crippen molar-refractivity contribution < 1.29 is 28.6 Å². The van der Waals surface area contributed by atoms with Crippen molar-refractivity contribution in [3.8, 4) is 0 Å². The van der Waals surface area contributed by atoms with E-state index in [4.69, 9.17) is 14.2 Å². The maximum atomic E-state index is 12.8. The smallest absolute Gasteiger partial charge is 0.306 e. The number of rotatable bonds is 47. The highest BCUT2D eigenvalue weighted by Crippen LogP contribution is 2.14. The van der Waals surface area contributed by atoms with E-state index in [0.717, 1.165) is 89.9 Å². The summed E-state index contributed by atoms with van der Waals surface area (Å²) in [6.45, 7) is 6.56. The van der Waals surface area contributed by atoms with Crippen molar-refractivity contribution in [3.63, 3.8) is 0 Å². The van der Waals surface area contributed by atoms with E-state index in [2.05, 4.69) is 81.5 Å². The van der Waals surface area contributed by atoms with Gasteiger partial charge >= 0.3 is 17.9 Å². The third-order valence-corrected chi connectivity index (χ3v) is 11.2. The minimum Gasteiger partial charge on any atom is -0.462 e. The molecule has 0 aliphatic heterocycles. The highest BCUT2D eigenvalue weighted by Gasteiger charge is 2.19. The summed E-state index contributed by atoms with van der Waals surface area (Å²) in [6.07, 6.45) is 62.0. The number of esters is 3. The summed E-state index contributed by atoms with van der Waals surface area (Å²) in [7, 11) is 0. The first-order valence-corrected chi connectivity index (χ1v) is 26.3. The van der Waals surface area contributed by atoms with Gasteiger partial charge in [-0.15, -0.1) is 0 Å². The van der Waals surface area contributed by atoms with E-state index in [1.807, 2.05) is 0 Å². The van der Waals surface area contributed by atoms with Gasteiger partial charge in [-0.25, -0.2) is 0 Å². The molecular formula is C56H98O6. The van der Waals surface area contributed by atoms with Crippen molar-refractivity contribution in [2.75, 3.05) is 13.2 Å². The molecule has 0 unspecified atom stereocenters. The van der Waals surface area contributed by atoms with Crippen LogP contribution in [0.25, 0.3) is 0 Å².